The van der Waals surface area contributed by atoms with Gasteiger partial charge in [-0.25, -0.2) is 0 Å². The number of rotatable bonds is 9. The number of carbonyl (C=O) groups excluding carboxylic acids is 2. The SMILES string of the molecule is CSc1c(SSc2c(SC)c(C(=O)c3ccccc3)n3ccccc23)c2ccccn2c1C(=O)c1ccccc1. The summed E-state index contributed by atoms with van der Waals surface area (Å²) in [4.78, 5) is 31.4. The summed E-state index contributed by atoms with van der Waals surface area (Å²) in [5.41, 5.74) is 4.64. The number of benzene rings is 2. The molecular formula is C32H24N2O2S4. The molecule has 0 saturated carbocycles. The zero-order valence-electron chi connectivity index (χ0n) is 21.7. The van der Waals surface area contributed by atoms with Crippen LogP contribution in [-0.4, -0.2) is 32.9 Å². The lowest BCUT2D eigenvalue weighted by molar-refractivity contribution is 0.102. The number of thioether (sulfide) groups is 2. The van der Waals surface area contributed by atoms with Gasteiger partial charge in [0, 0.05) is 23.5 Å². The number of hydrogen-bond donors (Lipinski definition) is 0. The summed E-state index contributed by atoms with van der Waals surface area (Å²) in [5, 5.41) is 0. The number of aromatic nitrogens is 2. The van der Waals surface area contributed by atoms with Crippen molar-refractivity contribution in [3.05, 3.63) is 132 Å². The zero-order valence-corrected chi connectivity index (χ0v) is 25.0. The first kappa shape index (κ1) is 26.9. The maximum Gasteiger partial charge on any atom is 0.210 e. The van der Waals surface area contributed by atoms with Crippen molar-refractivity contribution in [2.45, 2.75) is 19.6 Å². The Morgan fingerprint density at radius 3 is 1.25 bits per heavy atom. The molecule has 2 aromatic carbocycles. The number of fused-ring (bicyclic) bond motifs is 2. The van der Waals surface area contributed by atoms with Gasteiger partial charge in [-0.1, -0.05) is 72.8 Å². The minimum absolute atomic E-state index is 0.00198. The Balaban J connectivity index is 1.46. The normalized spacial score (nSPS) is 11.3. The van der Waals surface area contributed by atoms with Crippen LogP contribution >= 0.6 is 45.1 Å². The number of ketones is 2. The highest BCUT2D eigenvalue weighted by molar-refractivity contribution is 8.76. The maximum atomic E-state index is 13.7. The molecule has 0 bridgehead atoms. The van der Waals surface area contributed by atoms with E-state index in [1.165, 1.54) is 0 Å². The molecule has 0 amide bonds. The van der Waals surface area contributed by atoms with E-state index in [-0.39, 0.29) is 11.6 Å². The molecule has 0 aliphatic carbocycles. The van der Waals surface area contributed by atoms with Gasteiger partial charge in [-0.05, 0) is 58.4 Å². The average Bonchev–Trinajstić information content (AvgIpc) is 3.51. The van der Waals surface area contributed by atoms with Crippen molar-refractivity contribution in [2.75, 3.05) is 12.5 Å². The van der Waals surface area contributed by atoms with Crippen LogP contribution in [0.4, 0.5) is 0 Å². The summed E-state index contributed by atoms with van der Waals surface area (Å²) in [6.45, 7) is 0. The second-order valence-corrected chi connectivity index (χ2v) is 12.7. The molecule has 0 atom stereocenters. The second-order valence-electron chi connectivity index (χ2n) is 8.89. The minimum atomic E-state index is -0.00198. The molecule has 4 heterocycles. The third-order valence-electron chi connectivity index (χ3n) is 6.63. The highest BCUT2D eigenvalue weighted by Crippen LogP contribution is 2.51. The summed E-state index contributed by atoms with van der Waals surface area (Å²) < 4.78 is 4.00. The molecule has 0 N–H and O–H groups in total. The molecule has 0 unspecified atom stereocenters. The van der Waals surface area contributed by atoms with Crippen LogP contribution in [0.3, 0.4) is 0 Å². The highest BCUT2D eigenvalue weighted by Gasteiger charge is 2.27. The van der Waals surface area contributed by atoms with E-state index in [0.717, 1.165) is 30.6 Å². The lowest BCUT2D eigenvalue weighted by Crippen LogP contribution is -2.06. The van der Waals surface area contributed by atoms with Crippen LogP contribution in [0.25, 0.3) is 11.0 Å². The molecule has 0 aliphatic rings. The second kappa shape index (κ2) is 11.7. The smallest absolute Gasteiger partial charge is 0.210 e. The van der Waals surface area contributed by atoms with Crippen LogP contribution < -0.4 is 0 Å². The Labute approximate surface area is 249 Å². The number of pyridine rings is 2. The Morgan fingerprint density at radius 2 is 0.875 bits per heavy atom. The van der Waals surface area contributed by atoms with Gasteiger partial charge >= 0.3 is 0 Å². The Hall–Kier alpha value is -3.30. The standard InChI is InChI=1S/C32H24N2O2S4/c1-37-31-25(27(35)21-13-5-3-6-14-21)33-19-11-9-17-23(33)29(31)39-40-30-24-18-10-12-20-34(24)26(32(30)38-2)28(36)22-15-7-4-8-16-22/h3-20H,1-2H3. The predicted molar refractivity (Wildman–Crippen MR) is 170 cm³/mol. The molecule has 6 rings (SSSR count). The van der Waals surface area contributed by atoms with E-state index in [1.54, 1.807) is 45.1 Å². The molecule has 40 heavy (non-hydrogen) atoms. The summed E-state index contributed by atoms with van der Waals surface area (Å²) in [5.74, 6) is -0.00396. The Kier molecular flexibility index (Phi) is 7.85. The van der Waals surface area contributed by atoms with E-state index in [4.69, 9.17) is 0 Å². The molecule has 0 spiro atoms. The molecule has 4 aromatic heterocycles. The summed E-state index contributed by atoms with van der Waals surface area (Å²) in [6.07, 6.45) is 7.95. The van der Waals surface area contributed by atoms with Crippen molar-refractivity contribution < 1.29 is 9.59 Å². The lowest BCUT2D eigenvalue weighted by Gasteiger charge is -2.06. The molecule has 4 nitrogen and oxygen atoms in total. The van der Waals surface area contributed by atoms with Crippen LogP contribution in [-0.2, 0) is 0 Å². The van der Waals surface area contributed by atoms with E-state index in [1.807, 2.05) is 119 Å². The highest BCUT2D eigenvalue weighted by atomic mass is 33.1. The van der Waals surface area contributed by atoms with Crippen molar-refractivity contribution in [2.24, 2.45) is 0 Å². The predicted octanol–water partition coefficient (Wildman–Crippen LogP) is 8.90. The van der Waals surface area contributed by atoms with Crippen molar-refractivity contribution >= 4 is 67.7 Å². The monoisotopic (exact) mass is 596 g/mol. The molecule has 198 valence electrons. The van der Waals surface area contributed by atoms with E-state index >= 15 is 0 Å². The van der Waals surface area contributed by atoms with E-state index < -0.39 is 0 Å². The van der Waals surface area contributed by atoms with Crippen molar-refractivity contribution in [1.29, 1.82) is 0 Å². The first-order chi connectivity index (χ1) is 19.6. The van der Waals surface area contributed by atoms with E-state index in [9.17, 15) is 9.59 Å². The number of nitrogens with zero attached hydrogens (tertiary/aromatic N) is 2. The summed E-state index contributed by atoms with van der Waals surface area (Å²) in [7, 11) is 3.28. The van der Waals surface area contributed by atoms with Gasteiger partial charge in [-0.3, -0.25) is 9.59 Å². The topological polar surface area (TPSA) is 43.0 Å². The quantitative estimate of drug-likeness (QED) is 0.0943. The van der Waals surface area contributed by atoms with Crippen LogP contribution in [0.5, 0.6) is 0 Å². The molecule has 0 fully saturated rings. The van der Waals surface area contributed by atoms with Crippen molar-refractivity contribution in [3.8, 4) is 0 Å². The molecule has 0 aliphatic heterocycles. The summed E-state index contributed by atoms with van der Waals surface area (Å²) in [6, 6.07) is 30.9. The first-order valence-electron chi connectivity index (χ1n) is 12.5. The van der Waals surface area contributed by atoms with Gasteiger partial charge < -0.3 is 8.80 Å². The fourth-order valence-corrected chi connectivity index (χ4v) is 9.76. The average molecular weight is 597 g/mol. The van der Waals surface area contributed by atoms with Gasteiger partial charge in [0.05, 0.1) is 30.6 Å². The summed E-state index contributed by atoms with van der Waals surface area (Å²) >= 11 is 3.17. The zero-order chi connectivity index (χ0) is 27.6. The fraction of sp³-hybridized carbons (Fsp3) is 0.0625. The molecular weight excluding hydrogens is 573 g/mol. The third kappa shape index (κ3) is 4.69. The van der Waals surface area contributed by atoms with Crippen molar-refractivity contribution in [1.82, 2.24) is 8.80 Å². The molecule has 6 aromatic rings. The third-order valence-corrected chi connectivity index (χ3v) is 11.0. The largest absolute Gasteiger partial charge is 0.311 e. The lowest BCUT2D eigenvalue weighted by atomic mass is 10.1. The number of carbonyl (C=O) groups is 2. The Morgan fingerprint density at radius 1 is 0.500 bits per heavy atom. The van der Waals surface area contributed by atoms with Crippen LogP contribution in [0.15, 0.2) is 129 Å². The fourth-order valence-electron chi connectivity index (χ4n) is 4.81. The van der Waals surface area contributed by atoms with Crippen LogP contribution in [0, 0.1) is 0 Å². The van der Waals surface area contributed by atoms with Gasteiger partial charge in [-0.15, -0.1) is 23.5 Å². The Bertz CT molecular complexity index is 1720. The van der Waals surface area contributed by atoms with Gasteiger partial charge in [0.2, 0.25) is 11.6 Å². The van der Waals surface area contributed by atoms with Gasteiger partial charge in [0.15, 0.2) is 0 Å². The van der Waals surface area contributed by atoms with E-state index in [0.29, 0.717) is 22.5 Å². The van der Waals surface area contributed by atoms with Gasteiger partial charge in [0.25, 0.3) is 0 Å². The van der Waals surface area contributed by atoms with E-state index in [2.05, 4.69) is 12.1 Å². The molecule has 0 saturated heterocycles. The van der Waals surface area contributed by atoms with Crippen LogP contribution in [0.2, 0.25) is 0 Å². The molecule has 0 radical (unpaired) electrons. The molecule has 8 heteroatoms. The minimum Gasteiger partial charge on any atom is -0.311 e. The maximum absolute atomic E-state index is 13.7. The number of hydrogen-bond acceptors (Lipinski definition) is 6. The van der Waals surface area contributed by atoms with Gasteiger partial charge in [-0.2, -0.15) is 0 Å². The van der Waals surface area contributed by atoms with Gasteiger partial charge in [0.1, 0.15) is 11.4 Å². The van der Waals surface area contributed by atoms with Crippen LogP contribution in [0.1, 0.15) is 32.1 Å². The first-order valence-corrected chi connectivity index (χ1v) is 17.1. The van der Waals surface area contributed by atoms with Crippen molar-refractivity contribution in [3.63, 3.8) is 0 Å².